The van der Waals surface area contributed by atoms with E-state index >= 15 is 0 Å². The molecular formula is C23H17IN2OS. The molecule has 0 aliphatic heterocycles. The van der Waals surface area contributed by atoms with Gasteiger partial charge in [0.05, 0.1) is 11.3 Å². The van der Waals surface area contributed by atoms with Crippen molar-refractivity contribution in [1.82, 2.24) is 10.3 Å². The van der Waals surface area contributed by atoms with Gasteiger partial charge in [-0.3, -0.25) is 4.79 Å². The van der Waals surface area contributed by atoms with Crippen LogP contribution in [0.25, 0.3) is 21.8 Å². The van der Waals surface area contributed by atoms with Gasteiger partial charge >= 0.3 is 0 Å². The summed E-state index contributed by atoms with van der Waals surface area (Å²) in [6, 6.07) is 25.9. The fourth-order valence-corrected chi connectivity index (χ4v) is 4.34. The minimum Gasteiger partial charge on any atom is -0.348 e. The summed E-state index contributed by atoms with van der Waals surface area (Å²) >= 11 is 3.81. The monoisotopic (exact) mass is 496 g/mol. The summed E-state index contributed by atoms with van der Waals surface area (Å²) in [4.78, 5) is 17.2. The Morgan fingerprint density at radius 3 is 2.50 bits per heavy atom. The van der Waals surface area contributed by atoms with Gasteiger partial charge in [0.2, 0.25) is 0 Å². The highest BCUT2D eigenvalue weighted by Gasteiger charge is 2.10. The molecule has 28 heavy (non-hydrogen) atoms. The molecule has 0 aliphatic carbocycles. The van der Waals surface area contributed by atoms with E-state index < -0.39 is 0 Å². The summed E-state index contributed by atoms with van der Waals surface area (Å²) in [5, 5.41) is 6.06. The molecular weight excluding hydrogens is 479 g/mol. The molecule has 4 aromatic rings. The van der Waals surface area contributed by atoms with Crippen LogP contribution in [0.1, 0.15) is 15.9 Å². The lowest BCUT2D eigenvalue weighted by Crippen LogP contribution is -2.23. The van der Waals surface area contributed by atoms with Crippen molar-refractivity contribution in [3.63, 3.8) is 0 Å². The average molecular weight is 496 g/mol. The van der Waals surface area contributed by atoms with Crippen LogP contribution in [-0.4, -0.2) is 10.9 Å². The fourth-order valence-electron chi connectivity index (χ4n) is 2.89. The molecule has 0 unspecified atom stereocenters. The quantitative estimate of drug-likeness (QED) is 0.344. The molecule has 0 fully saturated rings. The first-order chi connectivity index (χ1) is 13.7. The van der Waals surface area contributed by atoms with Crippen molar-refractivity contribution < 1.29 is 4.79 Å². The van der Waals surface area contributed by atoms with Crippen molar-refractivity contribution in [2.75, 3.05) is 0 Å². The van der Waals surface area contributed by atoms with Crippen molar-refractivity contribution in [2.24, 2.45) is 0 Å². The number of aromatic nitrogens is 1. The number of carbonyl (C=O) groups is 1. The molecule has 4 rings (SSSR count). The van der Waals surface area contributed by atoms with Crippen LogP contribution < -0.4 is 5.32 Å². The highest BCUT2D eigenvalue weighted by Crippen LogP contribution is 2.29. The third-order valence-corrected chi connectivity index (χ3v) is 6.15. The van der Waals surface area contributed by atoms with E-state index in [2.05, 4.69) is 57.6 Å². The largest absolute Gasteiger partial charge is 0.348 e. The minimum atomic E-state index is -0.0592. The second kappa shape index (κ2) is 8.67. The molecule has 1 amide bonds. The summed E-state index contributed by atoms with van der Waals surface area (Å²) in [6.07, 6.45) is 0. The number of thiazole rings is 1. The van der Waals surface area contributed by atoms with Crippen LogP contribution in [0.3, 0.4) is 0 Å². The average Bonchev–Trinajstić information content (AvgIpc) is 3.24. The maximum absolute atomic E-state index is 12.4. The normalized spacial score (nSPS) is 10.6. The van der Waals surface area contributed by atoms with Crippen LogP contribution >= 0.6 is 33.9 Å². The zero-order valence-electron chi connectivity index (χ0n) is 14.9. The highest BCUT2D eigenvalue weighted by molar-refractivity contribution is 14.1. The lowest BCUT2D eigenvalue weighted by molar-refractivity contribution is 0.0950. The van der Waals surface area contributed by atoms with Crippen molar-refractivity contribution >= 4 is 39.8 Å². The van der Waals surface area contributed by atoms with Gasteiger partial charge in [0.25, 0.3) is 5.91 Å². The van der Waals surface area contributed by atoms with Crippen LogP contribution in [-0.2, 0) is 6.54 Å². The number of carbonyl (C=O) groups excluding carboxylic acids is 1. The maximum Gasteiger partial charge on any atom is 0.252 e. The number of amides is 1. The number of nitrogens with one attached hydrogen (secondary N) is 1. The number of benzene rings is 3. The molecule has 5 heteroatoms. The Morgan fingerprint density at radius 2 is 1.68 bits per heavy atom. The Kier molecular flexibility index (Phi) is 5.83. The molecule has 0 radical (unpaired) electrons. The first-order valence-corrected chi connectivity index (χ1v) is 10.8. The van der Waals surface area contributed by atoms with Gasteiger partial charge in [-0.25, -0.2) is 4.98 Å². The molecule has 0 bridgehead atoms. The summed E-state index contributed by atoms with van der Waals surface area (Å²) in [5.41, 5.74) is 4.91. The van der Waals surface area contributed by atoms with Crippen molar-refractivity contribution in [1.29, 1.82) is 0 Å². The molecule has 0 saturated carbocycles. The van der Waals surface area contributed by atoms with Gasteiger partial charge < -0.3 is 5.32 Å². The fraction of sp³-hybridized carbons (Fsp3) is 0.0435. The van der Waals surface area contributed by atoms with Crippen LogP contribution in [0.5, 0.6) is 0 Å². The first kappa shape index (κ1) is 18.8. The topological polar surface area (TPSA) is 42.0 Å². The van der Waals surface area contributed by atoms with Gasteiger partial charge in [-0.05, 0) is 46.4 Å². The van der Waals surface area contributed by atoms with E-state index in [1.807, 2.05) is 54.6 Å². The van der Waals surface area contributed by atoms with Gasteiger partial charge in [0.15, 0.2) is 0 Å². The molecule has 3 nitrogen and oxygen atoms in total. The van der Waals surface area contributed by atoms with E-state index in [1.165, 1.54) is 0 Å². The van der Waals surface area contributed by atoms with E-state index in [0.29, 0.717) is 12.1 Å². The zero-order chi connectivity index (χ0) is 19.3. The molecule has 0 spiro atoms. The summed E-state index contributed by atoms with van der Waals surface area (Å²) in [5.74, 6) is -0.0592. The number of nitrogens with zero attached hydrogens (tertiary/aromatic N) is 1. The van der Waals surface area contributed by atoms with E-state index in [4.69, 9.17) is 4.98 Å². The van der Waals surface area contributed by atoms with Crippen LogP contribution in [0, 0.1) is 3.57 Å². The van der Waals surface area contributed by atoms with Crippen molar-refractivity contribution in [3.05, 3.63) is 98.9 Å². The van der Waals surface area contributed by atoms with Crippen LogP contribution in [0.15, 0.2) is 84.2 Å². The summed E-state index contributed by atoms with van der Waals surface area (Å²) < 4.78 is 0.947. The Balaban J connectivity index is 1.49. The minimum absolute atomic E-state index is 0.0592. The molecule has 0 aliphatic rings. The predicted molar refractivity (Wildman–Crippen MR) is 123 cm³/mol. The lowest BCUT2D eigenvalue weighted by atomic mass is 10.1. The SMILES string of the molecule is O=C(NCc1cccc(-c2nc(-c3ccccc3)cs2)c1)c1ccccc1I. The summed E-state index contributed by atoms with van der Waals surface area (Å²) in [6.45, 7) is 0.481. The number of hydrogen-bond acceptors (Lipinski definition) is 3. The Morgan fingerprint density at radius 1 is 0.929 bits per heavy atom. The van der Waals surface area contributed by atoms with Crippen molar-refractivity contribution in [3.8, 4) is 21.8 Å². The highest BCUT2D eigenvalue weighted by atomic mass is 127. The van der Waals surface area contributed by atoms with Gasteiger partial charge in [-0.1, -0.05) is 60.7 Å². The smallest absolute Gasteiger partial charge is 0.252 e. The molecule has 0 atom stereocenters. The molecule has 3 aromatic carbocycles. The lowest BCUT2D eigenvalue weighted by Gasteiger charge is -2.08. The van der Waals surface area contributed by atoms with E-state index in [0.717, 1.165) is 31.0 Å². The first-order valence-electron chi connectivity index (χ1n) is 8.84. The number of rotatable bonds is 5. The van der Waals surface area contributed by atoms with E-state index in [1.54, 1.807) is 11.3 Å². The van der Waals surface area contributed by atoms with Gasteiger partial charge in [0, 0.05) is 26.6 Å². The third kappa shape index (κ3) is 4.31. The van der Waals surface area contributed by atoms with Crippen molar-refractivity contribution in [2.45, 2.75) is 6.54 Å². The Labute approximate surface area is 181 Å². The molecule has 1 N–H and O–H groups in total. The molecule has 1 aromatic heterocycles. The van der Waals surface area contributed by atoms with Crippen LogP contribution in [0.2, 0.25) is 0 Å². The number of hydrogen-bond donors (Lipinski definition) is 1. The summed E-state index contributed by atoms with van der Waals surface area (Å²) in [7, 11) is 0. The Bertz CT molecular complexity index is 1110. The second-order valence-electron chi connectivity index (χ2n) is 6.27. The third-order valence-electron chi connectivity index (χ3n) is 4.32. The van der Waals surface area contributed by atoms with Gasteiger partial charge in [-0.15, -0.1) is 11.3 Å². The van der Waals surface area contributed by atoms with Crippen LogP contribution in [0.4, 0.5) is 0 Å². The molecule has 138 valence electrons. The molecule has 1 heterocycles. The molecule has 0 saturated heterocycles. The zero-order valence-corrected chi connectivity index (χ0v) is 17.9. The number of halogens is 1. The maximum atomic E-state index is 12.4. The second-order valence-corrected chi connectivity index (χ2v) is 8.29. The standard InChI is InChI=1S/C23H17IN2OS/c24-20-12-5-4-11-19(20)22(27)25-14-16-7-6-10-18(13-16)23-26-21(15-28-23)17-8-2-1-3-9-17/h1-13,15H,14H2,(H,25,27). The van der Waals surface area contributed by atoms with Gasteiger partial charge in [-0.2, -0.15) is 0 Å². The predicted octanol–water partition coefficient (Wildman–Crippen LogP) is 6.01. The van der Waals surface area contributed by atoms with Gasteiger partial charge in [0.1, 0.15) is 5.01 Å². The van der Waals surface area contributed by atoms with E-state index in [9.17, 15) is 4.79 Å². The van der Waals surface area contributed by atoms with E-state index in [-0.39, 0.29) is 5.91 Å². The Hall–Kier alpha value is -2.51.